The van der Waals surface area contributed by atoms with Crippen molar-refractivity contribution in [3.05, 3.63) is 58.0 Å². The van der Waals surface area contributed by atoms with Gasteiger partial charge in [-0.05, 0) is 43.4 Å². The van der Waals surface area contributed by atoms with Crippen molar-refractivity contribution < 1.29 is 19.1 Å². The number of nitrogens with one attached hydrogen (secondary N) is 2. The number of aliphatic hydroxyl groups is 1. The summed E-state index contributed by atoms with van der Waals surface area (Å²) in [4.78, 5) is 25.0. The normalized spacial score (nSPS) is 20.4. The maximum Gasteiger partial charge on any atom is 0.286 e. The molecule has 1 unspecified atom stereocenters. The van der Waals surface area contributed by atoms with Gasteiger partial charge in [0, 0.05) is 30.1 Å². The van der Waals surface area contributed by atoms with E-state index in [2.05, 4.69) is 10.6 Å². The molecule has 1 fully saturated rings. The molecule has 1 atom stereocenters. The fourth-order valence-corrected chi connectivity index (χ4v) is 3.75. The average Bonchev–Trinajstić information content (AvgIpc) is 3.14. The molecule has 2 amide bonds. The molecular weight excluding hydrogens is 380 g/mol. The number of carbonyl (C=O) groups is 2. The third-order valence-corrected chi connectivity index (χ3v) is 5.47. The largest absolute Gasteiger partial charge is 0.454 e. The summed E-state index contributed by atoms with van der Waals surface area (Å²) in [5, 5.41) is 15.8. The fraction of sp³-hybridized carbons (Fsp3) is 0.429. The van der Waals surface area contributed by atoms with Gasteiger partial charge in [-0.15, -0.1) is 0 Å². The van der Waals surface area contributed by atoms with Crippen LogP contribution in [0.5, 0.6) is 0 Å². The maximum absolute atomic E-state index is 13.0. The summed E-state index contributed by atoms with van der Waals surface area (Å²) >= 11 is 6.10. The minimum absolute atomic E-state index is 0.00331. The number of hydrogen-bond acceptors (Lipinski definition) is 4. The smallest absolute Gasteiger partial charge is 0.286 e. The molecule has 2 aromatic rings. The Bertz CT molecular complexity index is 856. The monoisotopic (exact) mass is 404 g/mol. The zero-order valence-electron chi connectivity index (χ0n) is 16.0. The van der Waals surface area contributed by atoms with Crippen molar-refractivity contribution in [3.8, 4) is 0 Å². The lowest BCUT2D eigenvalue weighted by Crippen LogP contribution is -2.38. The van der Waals surface area contributed by atoms with Crippen LogP contribution in [0.2, 0.25) is 5.02 Å². The number of benzene rings is 1. The molecule has 0 bridgehead atoms. The van der Waals surface area contributed by atoms with Gasteiger partial charge in [-0.25, -0.2) is 0 Å². The molecule has 1 aliphatic rings. The van der Waals surface area contributed by atoms with E-state index < -0.39 is 0 Å². The first-order chi connectivity index (χ1) is 13.4. The van der Waals surface area contributed by atoms with Crippen molar-refractivity contribution in [1.29, 1.82) is 0 Å². The van der Waals surface area contributed by atoms with Crippen LogP contribution in [0.15, 0.2) is 34.7 Å². The van der Waals surface area contributed by atoms with Gasteiger partial charge in [-0.3, -0.25) is 9.59 Å². The molecule has 1 heterocycles. The highest BCUT2D eigenvalue weighted by Gasteiger charge is 2.28. The summed E-state index contributed by atoms with van der Waals surface area (Å²) in [6.07, 6.45) is 2.51. The topological polar surface area (TPSA) is 91.6 Å². The molecule has 1 aromatic heterocycles. The molecule has 3 rings (SSSR count). The van der Waals surface area contributed by atoms with Crippen LogP contribution in [-0.4, -0.2) is 36.1 Å². The zero-order chi connectivity index (χ0) is 20.3. The summed E-state index contributed by atoms with van der Waals surface area (Å²) in [6, 6.07) is 8.83. The first-order valence-electron chi connectivity index (χ1n) is 9.49. The molecule has 1 saturated carbocycles. The lowest BCUT2D eigenvalue weighted by atomic mass is 9.92. The molecule has 0 saturated heterocycles. The third-order valence-electron chi connectivity index (χ3n) is 5.23. The Kier molecular flexibility index (Phi) is 6.42. The predicted molar refractivity (Wildman–Crippen MR) is 107 cm³/mol. The number of halogens is 1. The molecule has 0 aliphatic heterocycles. The lowest BCUT2D eigenvalue weighted by Gasteiger charge is -2.26. The molecule has 28 heavy (non-hydrogen) atoms. The molecule has 1 aromatic carbocycles. The zero-order valence-corrected chi connectivity index (χ0v) is 16.8. The van der Waals surface area contributed by atoms with Crippen molar-refractivity contribution in [1.82, 2.24) is 10.6 Å². The van der Waals surface area contributed by atoms with Gasteiger partial charge in [-0.1, -0.05) is 30.7 Å². The first-order valence-corrected chi connectivity index (χ1v) is 9.87. The molecule has 0 spiro atoms. The van der Waals surface area contributed by atoms with Crippen LogP contribution < -0.4 is 10.6 Å². The highest BCUT2D eigenvalue weighted by Crippen LogP contribution is 2.31. The first kappa shape index (κ1) is 20.4. The van der Waals surface area contributed by atoms with Gasteiger partial charge in [0.1, 0.15) is 5.76 Å². The molecule has 6 nitrogen and oxygen atoms in total. The maximum atomic E-state index is 13.0. The highest BCUT2D eigenvalue weighted by molar-refractivity contribution is 6.30. The second-order valence-electron chi connectivity index (χ2n) is 7.22. The molecule has 1 aliphatic carbocycles. The van der Waals surface area contributed by atoms with Crippen LogP contribution in [0, 0.1) is 0 Å². The van der Waals surface area contributed by atoms with Crippen LogP contribution in [0.3, 0.4) is 0 Å². The SMILES string of the molecule is CNC(=O)c1cc(C(=O)NC2CCC(O)CC2)c(C(C)c2cccc(Cl)c2)o1. The number of furan rings is 1. The Morgan fingerprint density at radius 1 is 1.18 bits per heavy atom. The van der Waals surface area contributed by atoms with Crippen LogP contribution in [-0.2, 0) is 0 Å². The van der Waals surface area contributed by atoms with E-state index in [1.54, 1.807) is 6.07 Å². The van der Waals surface area contributed by atoms with E-state index in [9.17, 15) is 14.7 Å². The number of aliphatic hydroxyl groups excluding tert-OH is 1. The van der Waals surface area contributed by atoms with Crippen LogP contribution in [0.1, 0.15) is 70.8 Å². The van der Waals surface area contributed by atoms with Gasteiger partial charge in [0.05, 0.1) is 11.7 Å². The van der Waals surface area contributed by atoms with Crippen LogP contribution >= 0.6 is 11.6 Å². The summed E-state index contributed by atoms with van der Waals surface area (Å²) < 4.78 is 5.79. The van der Waals surface area contributed by atoms with E-state index >= 15 is 0 Å². The van der Waals surface area contributed by atoms with E-state index in [1.807, 2.05) is 25.1 Å². The standard InChI is InChI=1S/C21H25ClN2O4/c1-12(13-4-3-5-14(22)10-13)19-17(11-18(28-19)21(27)23-2)20(26)24-15-6-8-16(25)9-7-15/h3-5,10-12,15-16,25H,6-9H2,1-2H3,(H,23,27)(H,24,26). The summed E-state index contributed by atoms with van der Waals surface area (Å²) in [5.74, 6) is -0.403. The fourth-order valence-electron chi connectivity index (χ4n) is 3.55. The minimum Gasteiger partial charge on any atom is -0.454 e. The predicted octanol–water partition coefficient (Wildman–Crippen LogP) is 3.48. The van der Waals surface area contributed by atoms with Gasteiger partial charge < -0.3 is 20.2 Å². The van der Waals surface area contributed by atoms with E-state index in [1.165, 1.54) is 13.1 Å². The summed E-state index contributed by atoms with van der Waals surface area (Å²) in [5.41, 5.74) is 1.23. The van der Waals surface area contributed by atoms with E-state index in [0.29, 0.717) is 29.2 Å². The minimum atomic E-state index is -0.389. The molecular formula is C21H25ClN2O4. The number of hydrogen-bond donors (Lipinski definition) is 3. The van der Waals surface area contributed by atoms with Gasteiger partial charge in [0.25, 0.3) is 11.8 Å². The summed E-state index contributed by atoms with van der Waals surface area (Å²) in [7, 11) is 1.51. The molecule has 7 heteroatoms. The highest BCUT2D eigenvalue weighted by atomic mass is 35.5. The quantitative estimate of drug-likeness (QED) is 0.711. The Labute approximate surface area is 169 Å². The Morgan fingerprint density at radius 3 is 2.54 bits per heavy atom. The average molecular weight is 405 g/mol. The van der Waals surface area contributed by atoms with Gasteiger partial charge in [-0.2, -0.15) is 0 Å². The second-order valence-corrected chi connectivity index (χ2v) is 7.66. The van der Waals surface area contributed by atoms with E-state index in [4.69, 9.17) is 16.0 Å². The van der Waals surface area contributed by atoms with E-state index in [0.717, 1.165) is 18.4 Å². The number of amides is 2. The molecule has 3 N–H and O–H groups in total. The third kappa shape index (κ3) is 4.56. The van der Waals surface area contributed by atoms with Crippen molar-refractivity contribution in [3.63, 3.8) is 0 Å². The Morgan fingerprint density at radius 2 is 1.89 bits per heavy atom. The number of carbonyl (C=O) groups excluding carboxylic acids is 2. The summed E-state index contributed by atoms with van der Waals surface area (Å²) in [6.45, 7) is 1.91. The Hall–Kier alpha value is -2.31. The van der Waals surface area contributed by atoms with E-state index in [-0.39, 0.29) is 35.6 Å². The molecule has 0 radical (unpaired) electrons. The van der Waals surface area contributed by atoms with Crippen molar-refractivity contribution in [2.45, 2.75) is 50.7 Å². The Balaban J connectivity index is 1.89. The molecule has 150 valence electrons. The van der Waals surface area contributed by atoms with Crippen molar-refractivity contribution >= 4 is 23.4 Å². The van der Waals surface area contributed by atoms with Gasteiger partial charge in [0.15, 0.2) is 5.76 Å². The van der Waals surface area contributed by atoms with Crippen LogP contribution in [0.4, 0.5) is 0 Å². The van der Waals surface area contributed by atoms with Crippen molar-refractivity contribution in [2.75, 3.05) is 7.05 Å². The van der Waals surface area contributed by atoms with Gasteiger partial charge in [0.2, 0.25) is 0 Å². The van der Waals surface area contributed by atoms with Crippen LogP contribution in [0.25, 0.3) is 0 Å². The second kappa shape index (κ2) is 8.80. The van der Waals surface area contributed by atoms with Crippen molar-refractivity contribution in [2.24, 2.45) is 0 Å². The lowest BCUT2D eigenvalue weighted by molar-refractivity contribution is 0.0864. The number of rotatable bonds is 5. The van der Waals surface area contributed by atoms with Gasteiger partial charge >= 0.3 is 0 Å².